The van der Waals surface area contributed by atoms with Gasteiger partial charge in [-0.3, -0.25) is 4.79 Å². The largest absolute Gasteiger partial charge is 0.493 e. The van der Waals surface area contributed by atoms with Gasteiger partial charge >= 0.3 is 0 Å². The van der Waals surface area contributed by atoms with Gasteiger partial charge in [0.2, 0.25) is 5.91 Å². The van der Waals surface area contributed by atoms with Gasteiger partial charge in [-0.1, -0.05) is 0 Å². The minimum atomic E-state index is -0.436. The fraction of sp³-hybridized carbons (Fsp3) is 0.611. The highest BCUT2D eigenvalue weighted by Gasteiger charge is 2.40. The van der Waals surface area contributed by atoms with Gasteiger partial charge in [0, 0.05) is 50.7 Å². The summed E-state index contributed by atoms with van der Waals surface area (Å²) < 4.78 is 21.9. The zero-order chi connectivity index (χ0) is 17.7. The fourth-order valence-corrected chi connectivity index (χ4v) is 3.30. The van der Waals surface area contributed by atoms with Crippen LogP contribution in [0.15, 0.2) is 18.2 Å². The molecule has 3 rings (SSSR count). The third kappa shape index (κ3) is 4.16. The number of hydrogen-bond donors (Lipinski definition) is 1. The molecule has 1 aromatic carbocycles. The number of methoxy groups -OCH3 is 2. The monoisotopic (exact) mass is 350 g/mol. The van der Waals surface area contributed by atoms with Gasteiger partial charge in [0.25, 0.3) is 0 Å². The summed E-state index contributed by atoms with van der Waals surface area (Å²) in [6.07, 6.45) is 1.95. The Labute approximate surface area is 148 Å². The molecule has 2 aliphatic rings. The number of carbonyl (C=O) groups is 1. The molecule has 0 unspecified atom stereocenters. The zero-order valence-corrected chi connectivity index (χ0v) is 14.9. The number of amides is 1. The maximum atomic E-state index is 12.4. The van der Waals surface area contributed by atoms with Crippen LogP contribution in [0.1, 0.15) is 19.3 Å². The average molecular weight is 350 g/mol. The highest BCUT2D eigenvalue weighted by Crippen LogP contribution is 2.32. The third-order valence-corrected chi connectivity index (χ3v) is 4.74. The van der Waals surface area contributed by atoms with Crippen molar-refractivity contribution in [3.63, 3.8) is 0 Å². The lowest BCUT2D eigenvalue weighted by Crippen LogP contribution is -2.47. The molecule has 25 heavy (non-hydrogen) atoms. The quantitative estimate of drug-likeness (QED) is 0.845. The summed E-state index contributed by atoms with van der Waals surface area (Å²) in [6.45, 7) is 3.26. The van der Waals surface area contributed by atoms with Crippen molar-refractivity contribution < 1.29 is 23.7 Å². The first kappa shape index (κ1) is 17.8. The molecule has 7 heteroatoms. The Morgan fingerprint density at radius 2 is 1.84 bits per heavy atom. The normalized spacial score (nSPS) is 19.0. The predicted molar refractivity (Wildman–Crippen MR) is 93.1 cm³/mol. The second-order valence-electron chi connectivity index (χ2n) is 6.23. The van der Waals surface area contributed by atoms with Crippen molar-refractivity contribution in [3.8, 4) is 11.5 Å². The number of benzene rings is 1. The van der Waals surface area contributed by atoms with E-state index in [2.05, 4.69) is 5.32 Å². The maximum absolute atomic E-state index is 12.4. The summed E-state index contributed by atoms with van der Waals surface area (Å²) >= 11 is 0. The van der Waals surface area contributed by atoms with E-state index in [0.717, 1.165) is 18.5 Å². The first-order valence-corrected chi connectivity index (χ1v) is 8.67. The van der Waals surface area contributed by atoms with Crippen LogP contribution in [0, 0.1) is 0 Å². The first-order valence-electron chi connectivity index (χ1n) is 8.67. The Kier molecular flexibility index (Phi) is 5.65. The van der Waals surface area contributed by atoms with E-state index in [9.17, 15) is 4.79 Å². The molecule has 2 aliphatic heterocycles. The number of likely N-dealkylation sites (tertiary alicyclic amines) is 1. The van der Waals surface area contributed by atoms with Gasteiger partial charge in [-0.2, -0.15) is 0 Å². The van der Waals surface area contributed by atoms with Crippen LogP contribution in [-0.4, -0.2) is 63.7 Å². The van der Waals surface area contributed by atoms with Gasteiger partial charge in [0.1, 0.15) is 0 Å². The van der Waals surface area contributed by atoms with Gasteiger partial charge in [-0.25, -0.2) is 0 Å². The van der Waals surface area contributed by atoms with Crippen molar-refractivity contribution in [3.05, 3.63) is 18.2 Å². The van der Waals surface area contributed by atoms with Gasteiger partial charge < -0.3 is 29.2 Å². The zero-order valence-electron chi connectivity index (χ0n) is 14.9. The second-order valence-corrected chi connectivity index (χ2v) is 6.23. The van der Waals surface area contributed by atoms with Gasteiger partial charge in [-0.15, -0.1) is 0 Å². The molecule has 2 heterocycles. The topological polar surface area (TPSA) is 69.3 Å². The molecule has 0 bridgehead atoms. The summed E-state index contributed by atoms with van der Waals surface area (Å²) in [5.41, 5.74) is 0.899. The van der Waals surface area contributed by atoms with Crippen LogP contribution in [0.25, 0.3) is 0 Å². The number of carbonyl (C=O) groups excluding carboxylic acids is 1. The van der Waals surface area contributed by atoms with E-state index in [0.29, 0.717) is 50.8 Å². The minimum absolute atomic E-state index is 0.154. The standard InChI is InChI=1S/C18H26N2O5/c1-22-15-4-3-14(13-16(15)23-2)19-8-5-17(21)20-9-6-18(7-10-20)24-11-12-25-18/h3-4,13,19H,5-12H2,1-2H3. The van der Waals surface area contributed by atoms with Crippen LogP contribution >= 0.6 is 0 Å². The van der Waals surface area contributed by atoms with Gasteiger partial charge in [0.05, 0.1) is 27.4 Å². The Morgan fingerprint density at radius 1 is 1.16 bits per heavy atom. The summed E-state index contributed by atoms with van der Waals surface area (Å²) in [5, 5.41) is 3.26. The van der Waals surface area contributed by atoms with E-state index in [1.807, 2.05) is 23.1 Å². The minimum Gasteiger partial charge on any atom is -0.493 e. The van der Waals surface area contributed by atoms with E-state index < -0.39 is 5.79 Å². The molecule has 1 aromatic rings. The lowest BCUT2D eigenvalue weighted by Gasteiger charge is -2.37. The third-order valence-electron chi connectivity index (χ3n) is 4.74. The van der Waals surface area contributed by atoms with Crippen LogP contribution < -0.4 is 14.8 Å². The molecule has 7 nitrogen and oxygen atoms in total. The van der Waals surface area contributed by atoms with Crippen LogP contribution in [0.5, 0.6) is 11.5 Å². The SMILES string of the molecule is COc1ccc(NCCC(=O)N2CCC3(CC2)OCCO3)cc1OC. The lowest BCUT2D eigenvalue weighted by molar-refractivity contribution is -0.187. The molecular formula is C18H26N2O5. The molecule has 138 valence electrons. The predicted octanol–water partition coefficient (Wildman–Crippen LogP) is 1.87. The van der Waals surface area contributed by atoms with Crippen molar-refractivity contribution in [2.75, 3.05) is 52.4 Å². The highest BCUT2D eigenvalue weighted by molar-refractivity contribution is 5.77. The number of rotatable bonds is 6. The maximum Gasteiger partial charge on any atom is 0.224 e. The van der Waals surface area contributed by atoms with Crippen LogP contribution in [0.4, 0.5) is 5.69 Å². The van der Waals surface area contributed by atoms with Crippen LogP contribution in [0.2, 0.25) is 0 Å². The Hall–Kier alpha value is -1.99. The van der Waals surface area contributed by atoms with Crippen molar-refractivity contribution in [1.29, 1.82) is 0 Å². The molecular weight excluding hydrogens is 324 g/mol. The molecule has 0 radical (unpaired) electrons. The van der Waals surface area contributed by atoms with E-state index in [4.69, 9.17) is 18.9 Å². The smallest absolute Gasteiger partial charge is 0.224 e. The van der Waals surface area contributed by atoms with Crippen molar-refractivity contribution in [2.45, 2.75) is 25.0 Å². The summed E-state index contributed by atoms with van der Waals surface area (Å²) in [7, 11) is 3.21. The average Bonchev–Trinajstić information content (AvgIpc) is 3.10. The molecule has 0 aromatic heterocycles. The summed E-state index contributed by atoms with van der Waals surface area (Å²) in [4.78, 5) is 14.3. The first-order chi connectivity index (χ1) is 12.2. The second kappa shape index (κ2) is 7.93. The van der Waals surface area contributed by atoms with E-state index >= 15 is 0 Å². The molecule has 1 N–H and O–H groups in total. The number of hydrogen-bond acceptors (Lipinski definition) is 6. The molecule has 1 spiro atoms. The number of nitrogens with one attached hydrogen (secondary N) is 1. The number of anilines is 1. The van der Waals surface area contributed by atoms with Crippen molar-refractivity contribution >= 4 is 11.6 Å². The molecule has 2 fully saturated rings. The summed E-state index contributed by atoms with van der Waals surface area (Å²) in [5.74, 6) is 1.06. The molecule has 1 amide bonds. The Morgan fingerprint density at radius 3 is 2.48 bits per heavy atom. The number of piperidine rings is 1. The van der Waals surface area contributed by atoms with E-state index in [1.54, 1.807) is 14.2 Å². The molecule has 0 aliphatic carbocycles. The van der Waals surface area contributed by atoms with Crippen molar-refractivity contribution in [1.82, 2.24) is 4.90 Å². The highest BCUT2D eigenvalue weighted by atomic mass is 16.7. The van der Waals surface area contributed by atoms with Gasteiger partial charge in [0.15, 0.2) is 17.3 Å². The van der Waals surface area contributed by atoms with E-state index in [-0.39, 0.29) is 5.91 Å². The van der Waals surface area contributed by atoms with E-state index in [1.165, 1.54) is 0 Å². The molecule has 0 atom stereocenters. The van der Waals surface area contributed by atoms with Crippen LogP contribution in [0.3, 0.4) is 0 Å². The molecule has 2 saturated heterocycles. The fourth-order valence-electron chi connectivity index (χ4n) is 3.30. The molecule has 0 saturated carbocycles. The van der Waals surface area contributed by atoms with Crippen LogP contribution in [-0.2, 0) is 14.3 Å². The van der Waals surface area contributed by atoms with Crippen molar-refractivity contribution in [2.24, 2.45) is 0 Å². The van der Waals surface area contributed by atoms with Gasteiger partial charge in [-0.05, 0) is 12.1 Å². The Balaban J connectivity index is 1.44. The number of ether oxygens (including phenoxy) is 4. The lowest BCUT2D eigenvalue weighted by atomic mass is 10.0. The Bertz CT molecular complexity index is 591. The number of nitrogens with zero attached hydrogens (tertiary/aromatic N) is 1. The summed E-state index contributed by atoms with van der Waals surface area (Å²) in [6, 6.07) is 5.61.